The third-order valence-electron chi connectivity index (χ3n) is 3.81. The Kier molecular flexibility index (Phi) is 3.78. The Morgan fingerprint density at radius 3 is 2.52 bits per heavy atom. The maximum Gasteiger partial charge on any atom is 0.344 e. The van der Waals surface area contributed by atoms with E-state index in [1.54, 1.807) is 38.3 Å². The van der Waals surface area contributed by atoms with Crippen LogP contribution in [0.3, 0.4) is 0 Å². The fourth-order valence-corrected chi connectivity index (χ4v) is 2.65. The van der Waals surface area contributed by atoms with Crippen LogP contribution < -0.4 is 15.1 Å². The SMILES string of the molecule is COc1ccc(-c2c(C)c3ccc(F)cc3oc2=O)c(OC)c1. The summed E-state index contributed by atoms with van der Waals surface area (Å²) < 4.78 is 29.1. The van der Waals surface area contributed by atoms with Gasteiger partial charge in [-0.3, -0.25) is 0 Å². The van der Waals surface area contributed by atoms with Crippen LogP contribution >= 0.6 is 0 Å². The summed E-state index contributed by atoms with van der Waals surface area (Å²) >= 11 is 0. The lowest BCUT2D eigenvalue weighted by molar-refractivity contribution is 0.395. The van der Waals surface area contributed by atoms with Crippen LogP contribution in [0.1, 0.15) is 5.56 Å². The Balaban J connectivity index is 2.32. The molecule has 118 valence electrons. The minimum Gasteiger partial charge on any atom is -0.497 e. The van der Waals surface area contributed by atoms with Crippen LogP contribution in [0.2, 0.25) is 0 Å². The summed E-state index contributed by atoms with van der Waals surface area (Å²) in [5.74, 6) is 0.673. The molecule has 0 unspecified atom stereocenters. The molecule has 0 bridgehead atoms. The van der Waals surface area contributed by atoms with E-state index in [1.807, 2.05) is 0 Å². The lowest BCUT2D eigenvalue weighted by atomic mass is 9.98. The first-order chi connectivity index (χ1) is 11.0. The number of ether oxygens (including phenoxy) is 2. The maximum absolute atomic E-state index is 13.3. The van der Waals surface area contributed by atoms with Gasteiger partial charge in [0.05, 0.1) is 19.8 Å². The third kappa shape index (κ3) is 2.54. The highest BCUT2D eigenvalue weighted by Gasteiger charge is 2.17. The zero-order valence-electron chi connectivity index (χ0n) is 13.0. The first-order valence-corrected chi connectivity index (χ1v) is 7.00. The van der Waals surface area contributed by atoms with Gasteiger partial charge in [0.2, 0.25) is 0 Å². The number of rotatable bonds is 3. The average molecular weight is 314 g/mol. The van der Waals surface area contributed by atoms with E-state index in [9.17, 15) is 9.18 Å². The molecule has 1 heterocycles. The fourth-order valence-electron chi connectivity index (χ4n) is 2.65. The van der Waals surface area contributed by atoms with E-state index < -0.39 is 11.4 Å². The minimum atomic E-state index is -0.538. The summed E-state index contributed by atoms with van der Waals surface area (Å²) in [5, 5.41) is 0.680. The predicted molar refractivity (Wildman–Crippen MR) is 85.7 cm³/mol. The molecule has 2 aromatic carbocycles. The van der Waals surface area contributed by atoms with E-state index in [4.69, 9.17) is 13.9 Å². The summed E-state index contributed by atoms with van der Waals surface area (Å²) in [5.41, 5.74) is 1.39. The number of methoxy groups -OCH3 is 2. The van der Waals surface area contributed by atoms with Crippen molar-refractivity contribution in [1.29, 1.82) is 0 Å². The Morgan fingerprint density at radius 2 is 1.83 bits per heavy atom. The van der Waals surface area contributed by atoms with E-state index in [2.05, 4.69) is 0 Å². The zero-order chi connectivity index (χ0) is 16.6. The summed E-state index contributed by atoms with van der Waals surface area (Å²) in [4.78, 5) is 12.4. The predicted octanol–water partition coefficient (Wildman–Crippen LogP) is 3.92. The molecule has 0 aliphatic carbocycles. The van der Waals surface area contributed by atoms with E-state index in [1.165, 1.54) is 19.2 Å². The first-order valence-electron chi connectivity index (χ1n) is 7.00. The van der Waals surface area contributed by atoms with Gasteiger partial charge in [-0.15, -0.1) is 0 Å². The van der Waals surface area contributed by atoms with Crippen molar-refractivity contribution < 1.29 is 18.3 Å². The molecule has 0 saturated carbocycles. The van der Waals surface area contributed by atoms with E-state index in [-0.39, 0.29) is 5.58 Å². The molecule has 0 fully saturated rings. The second-order valence-electron chi connectivity index (χ2n) is 5.10. The Hall–Kier alpha value is -2.82. The highest BCUT2D eigenvalue weighted by atomic mass is 19.1. The molecule has 0 spiro atoms. The average Bonchev–Trinajstić information content (AvgIpc) is 2.54. The van der Waals surface area contributed by atoms with Gasteiger partial charge in [0.1, 0.15) is 22.9 Å². The molecule has 0 N–H and O–H groups in total. The maximum atomic E-state index is 13.3. The normalized spacial score (nSPS) is 10.8. The van der Waals surface area contributed by atoms with E-state index >= 15 is 0 Å². The molecule has 1 aromatic heterocycles. The van der Waals surface area contributed by atoms with Gasteiger partial charge in [-0.05, 0) is 36.8 Å². The van der Waals surface area contributed by atoms with Crippen LogP contribution in [0, 0.1) is 12.7 Å². The second-order valence-corrected chi connectivity index (χ2v) is 5.10. The number of aryl methyl sites for hydroxylation is 1. The van der Waals surface area contributed by atoms with Gasteiger partial charge < -0.3 is 13.9 Å². The number of halogens is 1. The van der Waals surface area contributed by atoms with Crippen molar-refractivity contribution in [3.8, 4) is 22.6 Å². The molecular formula is C18H15FO4. The Morgan fingerprint density at radius 1 is 1.04 bits per heavy atom. The first kappa shape index (κ1) is 15.1. The quantitative estimate of drug-likeness (QED) is 0.687. The zero-order valence-corrected chi connectivity index (χ0v) is 13.0. The number of benzene rings is 2. The van der Waals surface area contributed by atoms with Crippen molar-refractivity contribution in [1.82, 2.24) is 0 Å². The largest absolute Gasteiger partial charge is 0.497 e. The van der Waals surface area contributed by atoms with Crippen molar-refractivity contribution in [2.45, 2.75) is 6.92 Å². The summed E-state index contributed by atoms with van der Waals surface area (Å²) in [6.07, 6.45) is 0. The van der Waals surface area contributed by atoms with Crippen LogP contribution in [0.15, 0.2) is 45.6 Å². The summed E-state index contributed by atoms with van der Waals surface area (Å²) in [6.45, 7) is 1.80. The molecule has 5 heteroatoms. The van der Waals surface area contributed by atoms with Crippen molar-refractivity contribution in [2.75, 3.05) is 14.2 Å². The molecular weight excluding hydrogens is 299 g/mol. The van der Waals surface area contributed by atoms with Crippen molar-refractivity contribution in [2.24, 2.45) is 0 Å². The molecule has 4 nitrogen and oxygen atoms in total. The number of fused-ring (bicyclic) bond motifs is 1. The van der Waals surface area contributed by atoms with E-state index in [0.29, 0.717) is 33.6 Å². The van der Waals surface area contributed by atoms with Crippen molar-refractivity contribution in [3.05, 3.63) is 58.2 Å². The van der Waals surface area contributed by atoms with Gasteiger partial charge in [0, 0.05) is 23.1 Å². The lowest BCUT2D eigenvalue weighted by Crippen LogP contribution is -2.07. The van der Waals surface area contributed by atoms with Crippen molar-refractivity contribution >= 4 is 11.0 Å². The highest BCUT2D eigenvalue weighted by Crippen LogP contribution is 2.35. The molecule has 0 radical (unpaired) electrons. The van der Waals surface area contributed by atoms with Crippen LogP contribution in [0.5, 0.6) is 11.5 Å². The Labute approximate surface area is 132 Å². The molecule has 0 saturated heterocycles. The van der Waals surface area contributed by atoms with E-state index in [0.717, 1.165) is 0 Å². The smallest absolute Gasteiger partial charge is 0.344 e. The van der Waals surface area contributed by atoms with Gasteiger partial charge in [0.15, 0.2) is 0 Å². The van der Waals surface area contributed by atoms with Crippen LogP contribution in [-0.4, -0.2) is 14.2 Å². The molecule has 23 heavy (non-hydrogen) atoms. The highest BCUT2D eigenvalue weighted by molar-refractivity contribution is 5.88. The van der Waals surface area contributed by atoms with Gasteiger partial charge >= 0.3 is 5.63 Å². The lowest BCUT2D eigenvalue weighted by Gasteiger charge is -2.12. The van der Waals surface area contributed by atoms with Crippen LogP contribution in [-0.2, 0) is 0 Å². The van der Waals surface area contributed by atoms with Gasteiger partial charge in [-0.1, -0.05) is 0 Å². The molecule has 3 rings (SSSR count). The molecule has 0 amide bonds. The number of hydrogen-bond acceptors (Lipinski definition) is 4. The van der Waals surface area contributed by atoms with Crippen molar-refractivity contribution in [3.63, 3.8) is 0 Å². The minimum absolute atomic E-state index is 0.226. The number of hydrogen-bond donors (Lipinski definition) is 0. The van der Waals surface area contributed by atoms with Gasteiger partial charge in [0.25, 0.3) is 0 Å². The van der Waals surface area contributed by atoms with Gasteiger partial charge in [-0.25, -0.2) is 9.18 Å². The van der Waals surface area contributed by atoms with Crippen LogP contribution in [0.4, 0.5) is 4.39 Å². The fraction of sp³-hybridized carbons (Fsp3) is 0.167. The summed E-state index contributed by atoms with van der Waals surface area (Å²) in [7, 11) is 3.07. The Bertz CT molecular complexity index is 944. The standard InChI is InChI=1S/C18H15FO4/c1-10-13-6-4-11(19)8-16(13)23-18(20)17(10)14-7-5-12(21-2)9-15(14)22-3/h4-9H,1-3H3. The van der Waals surface area contributed by atoms with Gasteiger partial charge in [-0.2, -0.15) is 0 Å². The third-order valence-corrected chi connectivity index (χ3v) is 3.81. The molecule has 0 aliphatic rings. The van der Waals surface area contributed by atoms with Crippen LogP contribution in [0.25, 0.3) is 22.1 Å². The topological polar surface area (TPSA) is 48.7 Å². The molecule has 0 aliphatic heterocycles. The summed E-state index contributed by atoms with van der Waals surface area (Å²) in [6, 6.07) is 9.33. The molecule has 0 atom stereocenters. The monoisotopic (exact) mass is 314 g/mol. The molecule has 3 aromatic rings. The second kappa shape index (κ2) is 5.76.